The number of aryl methyl sites for hydroxylation is 2. The predicted molar refractivity (Wildman–Crippen MR) is 130 cm³/mol. The number of para-hydroxylation sites is 1. The molecule has 0 aliphatic carbocycles. The molecule has 0 fully saturated rings. The summed E-state index contributed by atoms with van der Waals surface area (Å²) in [6.45, 7) is 4.67. The molecule has 0 saturated heterocycles. The third kappa shape index (κ3) is 5.45. The van der Waals surface area contributed by atoms with E-state index in [0.717, 1.165) is 27.8 Å². The van der Waals surface area contributed by atoms with Crippen molar-refractivity contribution in [3.05, 3.63) is 107 Å². The van der Waals surface area contributed by atoms with Gasteiger partial charge in [-0.05, 0) is 36.1 Å². The normalized spacial score (nSPS) is 10.8. The Kier molecular flexibility index (Phi) is 7.02. The fourth-order valence-electron chi connectivity index (χ4n) is 3.58. The lowest BCUT2D eigenvalue weighted by Crippen LogP contribution is -2.16. The molecule has 0 atom stereocenters. The third-order valence-electron chi connectivity index (χ3n) is 5.26. The van der Waals surface area contributed by atoms with Gasteiger partial charge in [0.05, 0.1) is 12.3 Å². The van der Waals surface area contributed by atoms with Crippen LogP contribution >= 0.6 is 11.8 Å². The molecular weight excluding hydrogens is 416 g/mol. The molecule has 4 rings (SSSR count). The van der Waals surface area contributed by atoms with E-state index in [2.05, 4.69) is 44.3 Å². The molecule has 6 heteroatoms. The van der Waals surface area contributed by atoms with E-state index in [4.69, 9.17) is 0 Å². The maximum atomic E-state index is 12.7. The van der Waals surface area contributed by atoms with Crippen LogP contribution in [0.15, 0.2) is 84.0 Å². The van der Waals surface area contributed by atoms with Crippen molar-refractivity contribution >= 4 is 23.4 Å². The van der Waals surface area contributed by atoms with Gasteiger partial charge in [-0.1, -0.05) is 90.6 Å². The Morgan fingerprint density at radius 2 is 1.47 bits per heavy atom. The summed E-state index contributed by atoms with van der Waals surface area (Å²) in [5, 5.41) is 12.7. The van der Waals surface area contributed by atoms with Gasteiger partial charge in [0.15, 0.2) is 5.16 Å². The molecule has 1 aromatic heterocycles. The Hall–Kier alpha value is -3.38. The first kappa shape index (κ1) is 21.8. The molecule has 3 aromatic carbocycles. The first-order chi connectivity index (χ1) is 15.6. The Balaban J connectivity index is 1.51. The van der Waals surface area contributed by atoms with Crippen LogP contribution in [-0.2, 0) is 17.8 Å². The second-order valence-corrected chi connectivity index (χ2v) is 8.68. The molecule has 1 N–H and O–H groups in total. The second-order valence-electron chi connectivity index (χ2n) is 7.74. The van der Waals surface area contributed by atoms with E-state index in [1.165, 1.54) is 22.9 Å². The number of benzene rings is 3. The van der Waals surface area contributed by atoms with E-state index in [-0.39, 0.29) is 11.7 Å². The van der Waals surface area contributed by atoms with Gasteiger partial charge in [0.1, 0.15) is 5.82 Å². The number of hydrogen-bond acceptors (Lipinski definition) is 4. The minimum absolute atomic E-state index is 0.0497. The molecule has 0 bridgehead atoms. The quantitative estimate of drug-likeness (QED) is 0.378. The number of carbonyl (C=O) groups excluding carboxylic acids is 1. The lowest BCUT2D eigenvalue weighted by Gasteiger charge is -2.12. The van der Waals surface area contributed by atoms with Gasteiger partial charge >= 0.3 is 0 Å². The number of hydrogen-bond donors (Lipinski definition) is 1. The van der Waals surface area contributed by atoms with Crippen molar-refractivity contribution in [1.29, 1.82) is 0 Å². The zero-order valence-electron chi connectivity index (χ0n) is 18.3. The highest BCUT2D eigenvalue weighted by atomic mass is 32.2. The number of nitrogens with one attached hydrogen (secondary N) is 1. The zero-order chi connectivity index (χ0) is 22.3. The second kappa shape index (κ2) is 10.3. The van der Waals surface area contributed by atoms with E-state index in [9.17, 15) is 4.79 Å². The molecule has 1 heterocycles. The molecular formula is C26H26N4OS. The Morgan fingerprint density at radius 1 is 0.844 bits per heavy atom. The third-order valence-corrected chi connectivity index (χ3v) is 6.23. The van der Waals surface area contributed by atoms with Crippen LogP contribution in [0.3, 0.4) is 0 Å². The largest absolute Gasteiger partial charge is 0.325 e. The number of aromatic nitrogens is 3. The molecule has 0 radical (unpaired) electrons. The molecule has 32 heavy (non-hydrogen) atoms. The molecule has 1 amide bonds. The first-order valence-corrected chi connectivity index (χ1v) is 11.6. The predicted octanol–water partition coefficient (Wildman–Crippen LogP) is 5.26. The van der Waals surface area contributed by atoms with Gasteiger partial charge in [-0.3, -0.25) is 4.79 Å². The summed E-state index contributed by atoms with van der Waals surface area (Å²) in [4.78, 5) is 12.7. The van der Waals surface area contributed by atoms with Gasteiger partial charge in [-0.2, -0.15) is 0 Å². The maximum absolute atomic E-state index is 12.7. The summed E-state index contributed by atoms with van der Waals surface area (Å²) in [7, 11) is 0. The molecule has 4 aromatic rings. The van der Waals surface area contributed by atoms with Crippen LogP contribution < -0.4 is 5.32 Å². The molecule has 5 nitrogen and oxygen atoms in total. The molecule has 162 valence electrons. The van der Waals surface area contributed by atoms with Crippen LogP contribution in [-0.4, -0.2) is 26.4 Å². The van der Waals surface area contributed by atoms with Crippen molar-refractivity contribution < 1.29 is 4.79 Å². The highest BCUT2D eigenvalue weighted by molar-refractivity contribution is 7.99. The van der Waals surface area contributed by atoms with Crippen LogP contribution in [0, 0.1) is 13.8 Å². The summed E-state index contributed by atoms with van der Waals surface area (Å²) in [5.41, 5.74) is 5.34. The summed E-state index contributed by atoms with van der Waals surface area (Å²) in [6.07, 6.45) is 0.690. The van der Waals surface area contributed by atoms with Crippen LogP contribution in [0.1, 0.15) is 28.1 Å². The summed E-state index contributed by atoms with van der Waals surface area (Å²) in [6, 6.07) is 26.5. The van der Waals surface area contributed by atoms with Gasteiger partial charge in [0.25, 0.3) is 0 Å². The lowest BCUT2D eigenvalue weighted by molar-refractivity contribution is -0.113. The number of anilines is 1. The van der Waals surface area contributed by atoms with E-state index in [1.54, 1.807) is 0 Å². The van der Waals surface area contributed by atoms with E-state index in [0.29, 0.717) is 13.0 Å². The van der Waals surface area contributed by atoms with E-state index < -0.39 is 0 Å². The average molecular weight is 443 g/mol. The van der Waals surface area contributed by atoms with Gasteiger partial charge in [0.2, 0.25) is 5.91 Å². The molecule has 0 aliphatic rings. The van der Waals surface area contributed by atoms with Gasteiger partial charge in [0, 0.05) is 12.1 Å². The number of carbonyl (C=O) groups is 1. The zero-order valence-corrected chi connectivity index (χ0v) is 19.1. The number of thioether (sulfide) groups is 1. The summed E-state index contributed by atoms with van der Waals surface area (Å²) >= 11 is 1.41. The fourth-order valence-corrected chi connectivity index (χ4v) is 4.33. The molecule has 0 unspecified atom stereocenters. The van der Waals surface area contributed by atoms with Gasteiger partial charge < -0.3 is 9.88 Å². The van der Waals surface area contributed by atoms with Crippen LogP contribution in [0.2, 0.25) is 0 Å². The Bertz CT molecular complexity index is 1170. The highest BCUT2D eigenvalue weighted by Crippen LogP contribution is 2.23. The van der Waals surface area contributed by atoms with Crippen molar-refractivity contribution in [2.75, 3.05) is 11.1 Å². The Morgan fingerprint density at radius 3 is 2.12 bits per heavy atom. The van der Waals surface area contributed by atoms with Crippen LogP contribution in [0.25, 0.3) is 0 Å². The first-order valence-electron chi connectivity index (χ1n) is 10.6. The molecule has 0 spiro atoms. The number of nitrogens with zero attached hydrogens (tertiary/aromatic N) is 3. The smallest absolute Gasteiger partial charge is 0.234 e. The van der Waals surface area contributed by atoms with Gasteiger partial charge in [-0.15, -0.1) is 10.2 Å². The van der Waals surface area contributed by atoms with Crippen LogP contribution in [0.5, 0.6) is 0 Å². The van der Waals surface area contributed by atoms with Gasteiger partial charge in [-0.25, -0.2) is 0 Å². The summed E-state index contributed by atoms with van der Waals surface area (Å²) in [5.74, 6) is 1.11. The number of rotatable bonds is 8. The van der Waals surface area contributed by atoms with Crippen molar-refractivity contribution in [1.82, 2.24) is 14.8 Å². The van der Waals surface area contributed by atoms with Crippen molar-refractivity contribution in [3.63, 3.8) is 0 Å². The number of amides is 1. The average Bonchev–Trinajstić information content (AvgIpc) is 3.17. The Labute approximate surface area is 192 Å². The standard InChI is InChI=1S/C26H26N4OS/c1-19-10-9-11-20(2)25(19)27-24(31)18-32-26-29-28-23(16-21-12-5-3-6-13-21)30(26)17-22-14-7-4-8-15-22/h3-15H,16-18H2,1-2H3,(H,27,31). The van der Waals surface area contributed by atoms with E-state index >= 15 is 0 Å². The van der Waals surface area contributed by atoms with Crippen molar-refractivity contribution in [2.24, 2.45) is 0 Å². The van der Waals surface area contributed by atoms with Crippen molar-refractivity contribution in [3.8, 4) is 0 Å². The van der Waals surface area contributed by atoms with E-state index in [1.807, 2.05) is 68.4 Å². The minimum atomic E-state index is -0.0497. The topological polar surface area (TPSA) is 59.8 Å². The fraction of sp³-hybridized carbons (Fsp3) is 0.192. The minimum Gasteiger partial charge on any atom is -0.325 e. The molecule has 0 saturated carbocycles. The highest BCUT2D eigenvalue weighted by Gasteiger charge is 2.16. The van der Waals surface area contributed by atoms with Crippen LogP contribution in [0.4, 0.5) is 5.69 Å². The maximum Gasteiger partial charge on any atom is 0.234 e. The van der Waals surface area contributed by atoms with Crippen molar-refractivity contribution in [2.45, 2.75) is 32.0 Å². The monoisotopic (exact) mass is 442 g/mol. The lowest BCUT2D eigenvalue weighted by atomic mass is 10.1. The molecule has 0 aliphatic heterocycles. The summed E-state index contributed by atoms with van der Waals surface area (Å²) < 4.78 is 2.11. The SMILES string of the molecule is Cc1cccc(C)c1NC(=O)CSc1nnc(Cc2ccccc2)n1Cc1ccccc1.